The van der Waals surface area contributed by atoms with E-state index in [4.69, 9.17) is 9.16 Å². The van der Waals surface area contributed by atoms with Crippen molar-refractivity contribution >= 4 is 43.9 Å². The summed E-state index contributed by atoms with van der Waals surface area (Å²) in [5, 5.41) is 10.2. The minimum atomic E-state index is -2.04. The monoisotopic (exact) mass is 508 g/mol. The van der Waals surface area contributed by atoms with Crippen molar-refractivity contribution in [3.63, 3.8) is 0 Å². The molecule has 0 saturated carbocycles. The van der Waals surface area contributed by atoms with E-state index in [-0.39, 0.29) is 33.7 Å². The van der Waals surface area contributed by atoms with Gasteiger partial charge in [-0.1, -0.05) is 63.3 Å². The first-order valence-electron chi connectivity index (χ1n) is 12.1. The molecule has 1 aromatic rings. The molecule has 0 aromatic heterocycles. The summed E-state index contributed by atoms with van der Waals surface area (Å²) >= 11 is 4.02. The minimum absolute atomic E-state index is 0.0347. The molecule has 2 fully saturated rings. The fourth-order valence-electron chi connectivity index (χ4n) is 4.04. The van der Waals surface area contributed by atoms with E-state index in [0.29, 0.717) is 12.8 Å². The summed E-state index contributed by atoms with van der Waals surface area (Å²) in [6.07, 6.45) is 6.97. The Labute approximate surface area is 209 Å². The van der Waals surface area contributed by atoms with Gasteiger partial charge in [0.25, 0.3) is 0 Å². The summed E-state index contributed by atoms with van der Waals surface area (Å²) in [5.74, 6) is 1.97. The Kier molecular flexibility index (Phi) is 9.23. The second kappa shape index (κ2) is 11.3. The Bertz CT molecular complexity index is 800. The molecule has 0 amide bonds. The zero-order valence-electron chi connectivity index (χ0n) is 20.7. The molecule has 0 aliphatic carbocycles. The quantitative estimate of drug-likeness (QED) is 0.319. The maximum atomic E-state index is 12.0. The third-order valence-electron chi connectivity index (χ3n) is 6.85. The molecule has 1 N–H and O–H groups in total. The van der Waals surface area contributed by atoms with Crippen LogP contribution in [0.5, 0.6) is 0 Å². The first-order valence-corrected chi connectivity index (χ1v) is 16.9. The number of hydrogen-bond acceptors (Lipinski definition) is 6. The van der Waals surface area contributed by atoms with E-state index in [1.165, 1.54) is 12.0 Å². The van der Waals surface area contributed by atoms with Crippen LogP contribution >= 0.6 is 23.5 Å². The van der Waals surface area contributed by atoms with Gasteiger partial charge in [-0.2, -0.15) is 0 Å². The molecular weight excluding hydrogens is 469 g/mol. The Balaban J connectivity index is 1.84. The molecule has 33 heavy (non-hydrogen) atoms. The molecule has 0 radical (unpaired) electrons. The number of esters is 1. The number of aliphatic hydroxyl groups is 1. The first-order chi connectivity index (χ1) is 15.5. The average molecular weight is 509 g/mol. The van der Waals surface area contributed by atoms with Gasteiger partial charge in [0.15, 0.2) is 8.32 Å². The second-order valence-corrected chi connectivity index (χ2v) is 18.6. The van der Waals surface area contributed by atoms with Crippen molar-refractivity contribution in [2.75, 3.05) is 11.5 Å². The summed E-state index contributed by atoms with van der Waals surface area (Å²) in [6.45, 7) is 11.4. The Morgan fingerprint density at radius 1 is 1.24 bits per heavy atom. The number of aliphatic hydroxyl groups excluding tert-OH is 1. The lowest BCUT2D eigenvalue weighted by molar-refractivity contribution is -0.161. The summed E-state index contributed by atoms with van der Waals surface area (Å²) in [4.78, 5) is 12.0. The van der Waals surface area contributed by atoms with Crippen LogP contribution in [0.4, 0.5) is 0 Å². The van der Waals surface area contributed by atoms with Gasteiger partial charge in [0.05, 0.1) is 22.7 Å². The van der Waals surface area contributed by atoms with E-state index in [1.54, 1.807) is 0 Å². The lowest BCUT2D eigenvalue weighted by Crippen LogP contribution is -2.47. The highest BCUT2D eigenvalue weighted by Gasteiger charge is 2.43. The van der Waals surface area contributed by atoms with Crippen molar-refractivity contribution in [1.82, 2.24) is 0 Å². The predicted octanol–water partition coefficient (Wildman–Crippen LogP) is 6.50. The number of hydrogen-bond donors (Lipinski definition) is 1. The largest absolute Gasteiger partial charge is 0.462 e. The number of thioether (sulfide) groups is 2. The Hall–Kier alpha value is -0.733. The normalized spacial score (nSPS) is 25.1. The Morgan fingerprint density at radius 3 is 2.52 bits per heavy atom. The van der Waals surface area contributed by atoms with E-state index < -0.39 is 14.4 Å². The molecule has 0 spiro atoms. The van der Waals surface area contributed by atoms with Crippen LogP contribution in [0.15, 0.2) is 36.4 Å². The van der Waals surface area contributed by atoms with Crippen LogP contribution in [-0.4, -0.2) is 53.3 Å². The number of cyclic esters (lactones) is 1. The van der Waals surface area contributed by atoms with Crippen LogP contribution in [0.2, 0.25) is 18.1 Å². The SMILES string of the molecule is CC(C)(C)[Si](C)(C)O[C@@H](C[C@H]1CC(O)CC(=O)O1)CC1(/C=C/c2ccccc2)SCCCS1. The molecule has 4 nitrogen and oxygen atoms in total. The van der Waals surface area contributed by atoms with Crippen LogP contribution in [0.1, 0.15) is 58.4 Å². The summed E-state index contributed by atoms with van der Waals surface area (Å²) in [7, 11) is -2.04. The number of carbonyl (C=O) groups excluding carboxylic acids is 1. The fourth-order valence-corrected chi connectivity index (χ4v) is 8.63. The van der Waals surface area contributed by atoms with Crippen LogP contribution < -0.4 is 0 Å². The number of ether oxygens (including phenoxy) is 1. The van der Waals surface area contributed by atoms with Gasteiger partial charge < -0.3 is 14.3 Å². The van der Waals surface area contributed by atoms with Gasteiger partial charge in [-0.05, 0) is 48.0 Å². The summed E-state index contributed by atoms with van der Waals surface area (Å²) < 4.78 is 12.5. The van der Waals surface area contributed by atoms with E-state index in [0.717, 1.165) is 17.9 Å². The van der Waals surface area contributed by atoms with Crippen LogP contribution in [0.25, 0.3) is 6.08 Å². The van der Waals surface area contributed by atoms with E-state index >= 15 is 0 Å². The van der Waals surface area contributed by atoms with E-state index in [9.17, 15) is 9.90 Å². The van der Waals surface area contributed by atoms with Crippen molar-refractivity contribution in [1.29, 1.82) is 0 Å². The van der Waals surface area contributed by atoms with Crippen LogP contribution in [0.3, 0.4) is 0 Å². The second-order valence-electron chi connectivity index (χ2n) is 10.8. The molecule has 7 heteroatoms. The molecule has 2 aliphatic heterocycles. The van der Waals surface area contributed by atoms with Gasteiger partial charge in [0.1, 0.15) is 6.10 Å². The molecule has 3 rings (SSSR count). The predicted molar refractivity (Wildman–Crippen MR) is 144 cm³/mol. The topological polar surface area (TPSA) is 55.8 Å². The zero-order valence-corrected chi connectivity index (χ0v) is 23.3. The van der Waals surface area contributed by atoms with Crippen molar-refractivity contribution in [3.8, 4) is 0 Å². The molecule has 1 aromatic carbocycles. The molecule has 184 valence electrons. The first kappa shape index (κ1) is 26.9. The van der Waals surface area contributed by atoms with Gasteiger partial charge in [0, 0.05) is 12.8 Å². The van der Waals surface area contributed by atoms with Gasteiger partial charge in [-0.3, -0.25) is 4.79 Å². The number of rotatable bonds is 8. The van der Waals surface area contributed by atoms with Gasteiger partial charge in [0.2, 0.25) is 0 Å². The van der Waals surface area contributed by atoms with Gasteiger partial charge in [-0.25, -0.2) is 0 Å². The fraction of sp³-hybridized carbons (Fsp3) is 0.654. The van der Waals surface area contributed by atoms with Gasteiger partial charge in [-0.15, -0.1) is 23.5 Å². The van der Waals surface area contributed by atoms with Crippen LogP contribution in [0, 0.1) is 0 Å². The highest BCUT2D eigenvalue weighted by molar-refractivity contribution is 8.19. The van der Waals surface area contributed by atoms with Crippen molar-refractivity contribution < 1.29 is 19.1 Å². The third-order valence-corrected chi connectivity index (χ3v) is 14.7. The highest BCUT2D eigenvalue weighted by Crippen LogP contribution is 2.49. The standard InChI is InChI=1S/C26H40O4S2Si/c1-25(2,3)33(4,5)30-23(18-22-16-21(27)17-24(28)29-22)19-26(31-14-9-15-32-26)13-12-20-10-7-6-8-11-20/h6-8,10-13,21-23,27H,9,14-19H2,1-5H3/b13-12+/t21?,22-,23+/m1/s1. The van der Waals surface area contributed by atoms with E-state index in [2.05, 4.69) is 70.3 Å². The molecule has 3 atom stereocenters. The Morgan fingerprint density at radius 2 is 1.91 bits per heavy atom. The number of benzene rings is 1. The summed E-state index contributed by atoms with van der Waals surface area (Å²) in [5.41, 5.74) is 1.20. The lowest BCUT2D eigenvalue weighted by atomic mass is 9.98. The number of carbonyl (C=O) groups is 1. The van der Waals surface area contributed by atoms with Crippen molar-refractivity contribution in [2.45, 2.75) is 93.4 Å². The van der Waals surface area contributed by atoms with Crippen LogP contribution in [-0.2, 0) is 14.0 Å². The molecule has 1 unspecified atom stereocenters. The maximum Gasteiger partial charge on any atom is 0.308 e. The molecule has 2 aliphatic rings. The van der Waals surface area contributed by atoms with Crippen molar-refractivity contribution in [3.05, 3.63) is 42.0 Å². The minimum Gasteiger partial charge on any atom is -0.462 e. The van der Waals surface area contributed by atoms with Crippen molar-refractivity contribution in [2.24, 2.45) is 0 Å². The lowest BCUT2D eigenvalue weighted by Gasteiger charge is -2.43. The summed E-state index contributed by atoms with van der Waals surface area (Å²) in [6, 6.07) is 10.4. The smallest absolute Gasteiger partial charge is 0.308 e. The van der Waals surface area contributed by atoms with Gasteiger partial charge >= 0.3 is 5.97 Å². The van der Waals surface area contributed by atoms with E-state index in [1.807, 2.05) is 29.6 Å². The zero-order chi connectivity index (χ0) is 24.1. The highest BCUT2D eigenvalue weighted by atomic mass is 32.2. The molecule has 0 bridgehead atoms. The third kappa shape index (κ3) is 7.89. The maximum absolute atomic E-state index is 12.0. The molecular formula is C26H40O4S2Si. The molecule has 2 heterocycles. The average Bonchev–Trinajstić information content (AvgIpc) is 2.72. The molecule has 2 saturated heterocycles.